The summed E-state index contributed by atoms with van der Waals surface area (Å²) in [5, 5.41) is 3.61. The SMILES string of the molecule is Cc1[nH]c2c(c1C1CCCN1)CCC2. The number of H-pyrrole nitrogens is 1. The lowest BCUT2D eigenvalue weighted by Gasteiger charge is -2.12. The molecule has 76 valence electrons. The third-order valence-electron chi connectivity index (χ3n) is 3.69. The minimum atomic E-state index is 0.646. The van der Waals surface area contributed by atoms with Crippen LogP contribution in [-0.4, -0.2) is 11.5 Å². The standard InChI is InChI=1S/C12H18N2/c1-8-12(11-6-3-7-13-11)9-4-2-5-10(9)14-8/h11,13-14H,2-7H2,1H3. The third kappa shape index (κ3) is 1.13. The van der Waals surface area contributed by atoms with Crippen molar-refractivity contribution in [2.75, 3.05) is 6.54 Å². The molecule has 2 heterocycles. The van der Waals surface area contributed by atoms with Crippen molar-refractivity contribution >= 4 is 0 Å². The third-order valence-corrected chi connectivity index (χ3v) is 3.69. The van der Waals surface area contributed by atoms with Gasteiger partial charge in [-0.15, -0.1) is 0 Å². The first-order valence-corrected chi connectivity index (χ1v) is 5.80. The molecule has 0 bridgehead atoms. The van der Waals surface area contributed by atoms with E-state index in [-0.39, 0.29) is 0 Å². The van der Waals surface area contributed by atoms with Crippen LogP contribution in [0.25, 0.3) is 0 Å². The lowest BCUT2D eigenvalue weighted by molar-refractivity contribution is 0.637. The van der Waals surface area contributed by atoms with Gasteiger partial charge in [0, 0.05) is 17.4 Å². The second-order valence-corrected chi connectivity index (χ2v) is 4.62. The Morgan fingerprint density at radius 3 is 2.93 bits per heavy atom. The summed E-state index contributed by atoms with van der Waals surface area (Å²) in [6, 6.07) is 0.646. The molecule has 1 unspecified atom stereocenters. The fraction of sp³-hybridized carbons (Fsp3) is 0.667. The number of aryl methyl sites for hydroxylation is 2. The van der Waals surface area contributed by atoms with Crippen molar-refractivity contribution in [3.05, 3.63) is 22.5 Å². The first-order chi connectivity index (χ1) is 6.86. The van der Waals surface area contributed by atoms with Crippen LogP contribution in [0.1, 0.15) is 47.8 Å². The number of aromatic nitrogens is 1. The van der Waals surface area contributed by atoms with E-state index in [4.69, 9.17) is 0 Å². The highest BCUT2D eigenvalue weighted by Gasteiger charge is 2.26. The van der Waals surface area contributed by atoms with E-state index in [1.54, 1.807) is 11.1 Å². The van der Waals surface area contributed by atoms with Crippen LogP contribution >= 0.6 is 0 Å². The molecule has 2 aliphatic rings. The maximum absolute atomic E-state index is 3.61. The van der Waals surface area contributed by atoms with Gasteiger partial charge in [-0.25, -0.2) is 0 Å². The lowest BCUT2D eigenvalue weighted by atomic mass is 10.00. The molecule has 1 aliphatic carbocycles. The summed E-state index contributed by atoms with van der Waals surface area (Å²) in [4.78, 5) is 3.56. The van der Waals surface area contributed by atoms with E-state index in [9.17, 15) is 0 Å². The van der Waals surface area contributed by atoms with Gasteiger partial charge in [0.2, 0.25) is 0 Å². The quantitative estimate of drug-likeness (QED) is 0.698. The molecule has 1 atom stereocenters. The Balaban J connectivity index is 2.02. The van der Waals surface area contributed by atoms with Crippen molar-refractivity contribution in [3.63, 3.8) is 0 Å². The Morgan fingerprint density at radius 1 is 1.21 bits per heavy atom. The van der Waals surface area contributed by atoms with E-state index in [0.717, 1.165) is 0 Å². The summed E-state index contributed by atoms with van der Waals surface area (Å²) in [7, 11) is 0. The van der Waals surface area contributed by atoms with Gasteiger partial charge in [-0.05, 0) is 56.7 Å². The zero-order valence-electron chi connectivity index (χ0n) is 8.82. The Kier molecular flexibility index (Phi) is 1.91. The zero-order valence-corrected chi connectivity index (χ0v) is 8.82. The van der Waals surface area contributed by atoms with Gasteiger partial charge in [0.1, 0.15) is 0 Å². The molecule has 2 N–H and O–H groups in total. The Hall–Kier alpha value is -0.760. The normalized spacial score (nSPS) is 25.6. The molecule has 2 heteroatoms. The first kappa shape index (κ1) is 8.54. The molecule has 0 aromatic carbocycles. The molecule has 1 fully saturated rings. The van der Waals surface area contributed by atoms with Gasteiger partial charge in [0.15, 0.2) is 0 Å². The van der Waals surface area contributed by atoms with Gasteiger partial charge in [0.25, 0.3) is 0 Å². The van der Waals surface area contributed by atoms with Gasteiger partial charge in [-0.1, -0.05) is 0 Å². The monoisotopic (exact) mass is 190 g/mol. The molecule has 0 amide bonds. The van der Waals surface area contributed by atoms with Gasteiger partial charge in [0.05, 0.1) is 0 Å². The van der Waals surface area contributed by atoms with E-state index in [0.29, 0.717) is 6.04 Å². The minimum absolute atomic E-state index is 0.646. The predicted octanol–water partition coefficient (Wildman–Crippen LogP) is 2.24. The number of hydrogen-bond donors (Lipinski definition) is 2. The molecule has 0 saturated carbocycles. The second kappa shape index (κ2) is 3.13. The predicted molar refractivity (Wildman–Crippen MR) is 57.5 cm³/mol. The van der Waals surface area contributed by atoms with Crippen molar-refractivity contribution in [3.8, 4) is 0 Å². The van der Waals surface area contributed by atoms with Crippen molar-refractivity contribution < 1.29 is 0 Å². The number of rotatable bonds is 1. The van der Waals surface area contributed by atoms with Crippen LogP contribution in [0.4, 0.5) is 0 Å². The highest BCUT2D eigenvalue weighted by Crippen LogP contribution is 2.35. The molecule has 1 aromatic heterocycles. The van der Waals surface area contributed by atoms with Crippen molar-refractivity contribution in [2.24, 2.45) is 0 Å². The number of fused-ring (bicyclic) bond motifs is 1. The molecular weight excluding hydrogens is 172 g/mol. The maximum atomic E-state index is 3.61. The summed E-state index contributed by atoms with van der Waals surface area (Å²) in [5.41, 5.74) is 6.18. The van der Waals surface area contributed by atoms with Crippen LogP contribution in [0.5, 0.6) is 0 Å². The van der Waals surface area contributed by atoms with Gasteiger partial charge >= 0.3 is 0 Å². The summed E-state index contributed by atoms with van der Waals surface area (Å²) in [5.74, 6) is 0. The molecular formula is C12H18N2. The van der Waals surface area contributed by atoms with Crippen molar-refractivity contribution in [1.29, 1.82) is 0 Å². The molecule has 3 rings (SSSR count). The Bertz CT molecular complexity index is 345. The van der Waals surface area contributed by atoms with Gasteiger partial charge in [-0.3, -0.25) is 0 Å². The fourth-order valence-electron chi connectivity index (χ4n) is 3.10. The van der Waals surface area contributed by atoms with Crippen LogP contribution in [0, 0.1) is 6.92 Å². The second-order valence-electron chi connectivity index (χ2n) is 4.62. The largest absolute Gasteiger partial charge is 0.362 e. The Morgan fingerprint density at radius 2 is 2.14 bits per heavy atom. The minimum Gasteiger partial charge on any atom is -0.362 e. The van der Waals surface area contributed by atoms with Crippen LogP contribution in [0.3, 0.4) is 0 Å². The highest BCUT2D eigenvalue weighted by atomic mass is 14.9. The lowest BCUT2D eigenvalue weighted by Crippen LogP contribution is -2.14. The summed E-state index contributed by atoms with van der Waals surface area (Å²) in [6.45, 7) is 3.43. The maximum Gasteiger partial charge on any atom is 0.0341 e. The number of hydrogen-bond acceptors (Lipinski definition) is 1. The van der Waals surface area contributed by atoms with Crippen LogP contribution in [0.15, 0.2) is 0 Å². The molecule has 14 heavy (non-hydrogen) atoms. The summed E-state index contributed by atoms with van der Waals surface area (Å²) >= 11 is 0. The summed E-state index contributed by atoms with van der Waals surface area (Å²) < 4.78 is 0. The molecule has 1 aromatic rings. The topological polar surface area (TPSA) is 27.8 Å². The van der Waals surface area contributed by atoms with Gasteiger partial charge < -0.3 is 10.3 Å². The van der Waals surface area contributed by atoms with Crippen molar-refractivity contribution in [1.82, 2.24) is 10.3 Å². The first-order valence-electron chi connectivity index (χ1n) is 5.80. The molecule has 0 spiro atoms. The highest BCUT2D eigenvalue weighted by molar-refractivity contribution is 5.41. The fourth-order valence-corrected chi connectivity index (χ4v) is 3.10. The summed E-state index contributed by atoms with van der Waals surface area (Å²) in [6.07, 6.45) is 6.58. The number of aromatic amines is 1. The molecule has 1 saturated heterocycles. The van der Waals surface area contributed by atoms with Gasteiger partial charge in [-0.2, -0.15) is 0 Å². The Labute approximate surface area is 85.1 Å². The van der Waals surface area contributed by atoms with E-state index >= 15 is 0 Å². The van der Waals surface area contributed by atoms with Crippen molar-refractivity contribution in [2.45, 2.75) is 45.1 Å². The zero-order chi connectivity index (χ0) is 9.54. The molecule has 1 aliphatic heterocycles. The molecule has 2 nitrogen and oxygen atoms in total. The van der Waals surface area contributed by atoms with E-state index in [1.807, 2.05) is 0 Å². The van der Waals surface area contributed by atoms with Crippen LogP contribution < -0.4 is 5.32 Å². The van der Waals surface area contributed by atoms with E-state index in [1.165, 1.54) is 50.0 Å². The van der Waals surface area contributed by atoms with E-state index < -0.39 is 0 Å². The average molecular weight is 190 g/mol. The average Bonchev–Trinajstić information content (AvgIpc) is 2.78. The van der Waals surface area contributed by atoms with Crippen LogP contribution in [-0.2, 0) is 12.8 Å². The molecule has 0 radical (unpaired) electrons. The smallest absolute Gasteiger partial charge is 0.0341 e. The van der Waals surface area contributed by atoms with Crippen LogP contribution in [0.2, 0.25) is 0 Å². The number of nitrogens with one attached hydrogen (secondary N) is 2. The van der Waals surface area contributed by atoms with E-state index in [2.05, 4.69) is 17.2 Å².